The summed E-state index contributed by atoms with van der Waals surface area (Å²) in [5, 5.41) is 11.9. The van der Waals surface area contributed by atoms with Gasteiger partial charge in [0, 0.05) is 110 Å². The fourth-order valence-corrected chi connectivity index (χ4v) is 16.7. The van der Waals surface area contributed by atoms with Crippen molar-refractivity contribution in [2.24, 2.45) is 0 Å². The number of nitrogens with zero attached hydrogens (tertiary/aromatic N) is 8. The number of hydrogen-bond donors (Lipinski definition) is 0. The maximum atomic E-state index is 5.18. The van der Waals surface area contributed by atoms with Gasteiger partial charge in [0.1, 0.15) is 0 Å². The van der Waals surface area contributed by atoms with Crippen molar-refractivity contribution in [2.75, 3.05) is 0 Å². The van der Waals surface area contributed by atoms with Crippen molar-refractivity contribution in [3.05, 3.63) is 413 Å². The average molecular weight is 1450 g/mol. The van der Waals surface area contributed by atoms with E-state index < -0.39 is 0 Å². The molecule has 0 aliphatic heterocycles. The Morgan fingerprint density at radius 1 is 0.167 bits per heavy atom. The van der Waals surface area contributed by atoms with Gasteiger partial charge in [0.05, 0.1) is 67.3 Å². The molecule has 0 spiro atoms. The molecule has 6 aromatic heterocycles. The van der Waals surface area contributed by atoms with Crippen molar-refractivity contribution in [2.45, 2.75) is 0 Å². The summed E-state index contributed by atoms with van der Waals surface area (Å²) >= 11 is 0. The van der Waals surface area contributed by atoms with Crippen LogP contribution in [0.25, 0.3) is 211 Å². The van der Waals surface area contributed by atoms with Crippen LogP contribution in [0.15, 0.2) is 413 Å². The van der Waals surface area contributed by atoms with Crippen LogP contribution in [-0.2, 0) is 0 Å². The Morgan fingerprint density at radius 2 is 0.456 bits per heavy atom. The summed E-state index contributed by atoms with van der Waals surface area (Å²) < 4.78 is 4.69. The van der Waals surface area contributed by atoms with Crippen LogP contribution in [0.1, 0.15) is 0 Å². The summed E-state index contributed by atoms with van der Waals surface area (Å²) in [7, 11) is 0. The van der Waals surface area contributed by atoms with E-state index in [0.717, 1.165) is 134 Å². The maximum Gasteiger partial charge on any atom is 0.160 e. The molecule has 0 atom stereocenters. The normalized spacial score (nSPS) is 11.5. The third-order valence-corrected chi connectivity index (χ3v) is 22.0. The summed E-state index contributed by atoms with van der Waals surface area (Å²) in [5.74, 6) is 1.39. The van der Waals surface area contributed by atoms with Gasteiger partial charge in [0.15, 0.2) is 11.6 Å². The molecule has 22 rings (SSSR count). The standard InChI is InChI=1S/2C53H34N4/c1-3-15-37(16-4-1)52-45-25-14-24-41(51(45)44-23-7-10-26-46(44)54-52)35-29-31-36(32-30-35)47-34-48(56-53(55-47)38-17-5-2-6-18-38)39-19-13-20-40(33-39)57-49-27-11-8-21-42(49)43-22-9-12-28-50(43)57;1-3-14-38(15-4-1)52-45-22-13-21-41(51(45)44-20-7-10-23-46(44)54-52)35-26-28-36(29-27-35)47-34-48(56-53(55-47)39-16-5-2-6-17-39)37-30-32-40(33-31-37)57-49-24-11-8-18-42(49)43-19-9-12-25-50(43)57/h2*1-34H. The van der Waals surface area contributed by atoms with Crippen LogP contribution in [0, 0.1) is 0 Å². The molecule has 0 fully saturated rings. The molecule has 6 heterocycles. The Hall–Kier alpha value is -15.4. The van der Waals surface area contributed by atoms with Crippen LogP contribution in [0.3, 0.4) is 0 Å². The quantitative estimate of drug-likeness (QED) is 0.113. The molecule has 0 bridgehead atoms. The zero-order chi connectivity index (χ0) is 75.4. The van der Waals surface area contributed by atoms with Gasteiger partial charge < -0.3 is 9.13 Å². The van der Waals surface area contributed by atoms with Crippen LogP contribution >= 0.6 is 0 Å². The Labute approximate surface area is 658 Å². The lowest BCUT2D eigenvalue weighted by Gasteiger charge is -2.15. The van der Waals surface area contributed by atoms with Gasteiger partial charge in [-0.1, -0.05) is 340 Å². The SMILES string of the molecule is c1ccc(-c2nc(-c3ccc(-c4cccc5c(-c6ccccc6)nc6ccccc6c45)cc3)cc(-c3ccc(-n4c5ccccc5c5ccccc54)cc3)n2)cc1.c1ccc(-c2nc(-c3ccc(-c4cccc5c(-c6ccccc6)nc6ccccc6c45)cc3)cc(-c3cccc(-n4c5ccccc5c5ccccc54)c3)n2)cc1. The molecule has 0 aliphatic rings. The van der Waals surface area contributed by atoms with Crippen LogP contribution in [-0.4, -0.2) is 39.0 Å². The molecule has 0 saturated heterocycles. The van der Waals surface area contributed by atoms with Crippen molar-refractivity contribution < 1.29 is 0 Å². The number of pyridine rings is 2. The summed E-state index contributed by atoms with van der Waals surface area (Å²) in [6, 6.07) is 145. The second kappa shape index (κ2) is 28.6. The van der Waals surface area contributed by atoms with E-state index in [-0.39, 0.29) is 0 Å². The molecular weight excluding hydrogens is 1390 g/mol. The Bertz CT molecular complexity index is 7320. The van der Waals surface area contributed by atoms with Crippen molar-refractivity contribution in [1.82, 2.24) is 39.0 Å². The number of benzene rings is 16. The summed E-state index contributed by atoms with van der Waals surface area (Å²) in [6.07, 6.45) is 0. The van der Waals surface area contributed by atoms with Gasteiger partial charge in [0.25, 0.3) is 0 Å². The lowest BCUT2D eigenvalue weighted by molar-refractivity contribution is 1.16. The molecule has 0 N–H and O–H groups in total. The van der Waals surface area contributed by atoms with Crippen molar-refractivity contribution >= 4 is 87.0 Å². The maximum absolute atomic E-state index is 5.18. The third-order valence-electron chi connectivity index (χ3n) is 22.0. The van der Waals surface area contributed by atoms with Crippen LogP contribution in [0.5, 0.6) is 0 Å². The first-order valence-corrected chi connectivity index (χ1v) is 38.6. The molecule has 114 heavy (non-hydrogen) atoms. The number of para-hydroxylation sites is 6. The van der Waals surface area contributed by atoms with E-state index in [4.69, 9.17) is 29.9 Å². The molecule has 0 amide bonds. The van der Waals surface area contributed by atoms with Gasteiger partial charge in [-0.2, -0.15) is 0 Å². The van der Waals surface area contributed by atoms with E-state index in [2.05, 4.69) is 373 Å². The first-order valence-electron chi connectivity index (χ1n) is 38.6. The molecule has 22 aromatic rings. The summed E-state index contributed by atoms with van der Waals surface area (Å²) in [4.78, 5) is 30.9. The average Bonchev–Trinajstić information content (AvgIpc) is 0.861. The third kappa shape index (κ3) is 12.1. The van der Waals surface area contributed by atoms with E-state index in [1.54, 1.807) is 0 Å². The predicted molar refractivity (Wildman–Crippen MR) is 473 cm³/mol. The summed E-state index contributed by atoms with van der Waals surface area (Å²) in [6.45, 7) is 0. The minimum Gasteiger partial charge on any atom is -0.309 e. The largest absolute Gasteiger partial charge is 0.309 e. The lowest BCUT2D eigenvalue weighted by atomic mass is 9.92. The van der Waals surface area contributed by atoms with Crippen molar-refractivity contribution in [1.29, 1.82) is 0 Å². The fraction of sp³-hybridized carbons (Fsp3) is 0. The van der Waals surface area contributed by atoms with Gasteiger partial charge in [-0.15, -0.1) is 0 Å². The molecule has 8 heteroatoms. The van der Waals surface area contributed by atoms with Crippen molar-refractivity contribution in [3.63, 3.8) is 0 Å². The van der Waals surface area contributed by atoms with E-state index in [9.17, 15) is 0 Å². The highest BCUT2D eigenvalue weighted by Crippen LogP contribution is 2.44. The Kier molecular flexibility index (Phi) is 16.7. The van der Waals surface area contributed by atoms with E-state index in [1.807, 2.05) is 48.5 Å². The van der Waals surface area contributed by atoms with Gasteiger partial charge >= 0.3 is 0 Å². The number of aromatic nitrogens is 8. The van der Waals surface area contributed by atoms with Gasteiger partial charge in [-0.3, -0.25) is 0 Å². The van der Waals surface area contributed by atoms with E-state index >= 15 is 0 Å². The topological polar surface area (TPSA) is 87.2 Å². The highest BCUT2D eigenvalue weighted by atomic mass is 15.0. The number of fused-ring (bicyclic) bond motifs is 12. The van der Waals surface area contributed by atoms with Crippen LogP contribution in [0.2, 0.25) is 0 Å². The minimum absolute atomic E-state index is 0.691. The second-order valence-electron chi connectivity index (χ2n) is 28.8. The molecule has 16 aromatic carbocycles. The van der Waals surface area contributed by atoms with Gasteiger partial charge in [0.2, 0.25) is 0 Å². The Morgan fingerprint density at radius 3 is 0.851 bits per heavy atom. The summed E-state index contributed by atoms with van der Waals surface area (Å²) in [5.41, 5.74) is 27.2. The minimum atomic E-state index is 0.691. The van der Waals surface area contributed by atoms with Crippen LogP contribution < -0.4 is 0 Å². The van der Waals surface area contributed by atoms with Gasteiger partial charge in [-0.05, 0) is 95.1 Å². The van der Waals surface area contributed by atoms with E-state index in [1.165, 1.54) is 65.5 Å². The molecule has 532 valence electrons. The lowest BCUT2D eigenvalue weighted by Crippen LogP contribution is -1.98. The Balaban J connectivity index is 0.000000143. The highest BCUT2D eigenvalue weighted by molar-refractivity contribution is 6.19. The first kappa shape index (κ1) is 66.8. The van der Waals surface area contributed by atoms with Gasteiger partial charge in [-0.25, -0.2) is 29.9 Å². The number of rotatable bonds is 12. The smallest absolute Gasteiger partial charge is 0.160 e. The first-order chi connectivity index (χ1) is 56.5. The molecule has 8 nitrogen and oxygen atoms in total. The van der Waals surface area contributed by atoms with Crippen molar-refractivity contribution in [3.8, 4) is 124 Å². The molecule has 0 unspecified atom stereocenters. The second-order valence-corrected chi connectivity index (χ2v) is 28.8. The zero-order valence-electron chi connectivity index (χ0n) is 61.8. The molecule has 0 radical (unpaired) electrons. The van der Waals surface area contributed by atoms with E-state index in [0.29, 0.717) is 11.6 Å². The highest BCUT2D eigenvalue weighted by Gasteiger charge is 2.21. The molecule has 0 saturated carbocycles. The predicted octanol–water partition coefficient (Wildman–Crippen LogP) is 27.2. The molecular formula is C106H68N8. The molecule has 0 aliphatic carbocycles. The fourth-order valence-electron chi connectivity index (χ4n) is 16.7. The monoisotopic (exact) mass is 1450 g/mol. The zero-order valence-corrected chi connectivity index (χ0v) is 61.8. The van der Waals surface area contributed by atoms with Crippen LogP contribution in [0.4, 0.5) is 0 Å². The number of hydrogen-bond acceptors (Lipinski definition) is 6.